The summed E-state index contributed by atoms with van der Waals surface area (Å²) in [6, 6.07) is 6.83. The largest absolute Gasteiger partial charge is 0.494 e. The maximum Gasteiger partial charge on any atom is 0.331 e. The number of amides is 1. The van der Waals surface area contributed by atoms with Gasteiger partial charge in [0.25, 0.3) is 5.91 Å². The molecule has 1 aromatic carbocycles. The summed E-state index contributed by atoms with van der Waals surface area (Å²) in [7, 11) is -1.55. The normalized spacial score (nSPS) is 19.6. The van der Waals surface area contributed by atoms with E-state index < -0.39 is 27.8 Å². The van der Waals surface area contributed by atoms with Crippen LogP contribution >= 0.6 is 0 Å². The van der Waals surface area contributed by atoms with E-state index in [0.717, 1.165) is 11.3 Å². The van der Waals surface area contributed by atoms with Gasteiger partial charge in [0.05, 0.1) is 18.1 Å². The molecule has 2 atom stereocenters. The Morgan fingerprint density at radius 1 is 1.30 bits per heavy atom. The molecule has 8 heteroatoms. The average Bonchev–Trinajstić information content (AvgIpc) is 3.00. The van der Waals surface area contributed by atoms with Gasteiger partial charge in [-0.15, -0.1) is 0 Å². The molecule has 0 aliphatic carbocycles. The molecular formula is C19H25NO6S. The standard InChI is InChI=1S/C19H25NO6S/c1-4-25-17-8-5-15(6-9-17)7-10-18(21)26-14(2)19(22)20(3)16-11-12-27(23,24)13-16/h5-10,14,16H,4,11-13H2,1-3H3/b10-7+/t14-,16-/m0/s1. The van der Waals surface area contributed by atoms with E-state index in [9.17, 15) is 18.0 Å². The highest BCUT2D eigenvalue weighted by atomic mass is 32.2. The molecule has 0 N–H and O–H groups in total. The molecule has 7 nitrogen and oxygen atoms in total. The lowest BCUT2D eigenvalue weighted by Crippen LogP contribution is -2.44. The van der Waals surface area contributed by atoms with E-state index in [1.807, 2.05) is 6.92 Å². The van der Waals surface area contributed by atoms with Crippen LogP contribution in [-0.2, 0) is 24.2 Å². The summed E-state index contributed by atoms with van der Waals surface area (Å²) in [5.41, 5.74) is 0.794. The number of ether oxygens (including phenoxy) is 2. The SMILES string of the molecule is CCOc1ccc(/C=C/C(=O)O[C@@H](C)C(=O)N(C)[C@H]2CCS(=O)(=O)C2)cc1. The van der Waals surface area contributed by atoms with E-state index in [1.54, 1.807) is 30.3 Å². The third kappa shape index (κ3) is 6.09. The number of nitrogens with zero attached hydrogens (tertiary/aromatic N) is 1. The van der Waals surface area contributed by atoms with Crippen LogP contribution in [0.25, 0.3) is 6.08 Å². The van der Waals surface area contributed by atoms with Gasteiger partial charge in [-0.25, -0.2) is 13.2 Å². The van der Waals surface area contributed by atoms with Crippen molar-refractivity contribution in [3.05, 3.63) is 35.9 Å². The van der Waals surface area contributed by atoms with Gasteiger partial charge in [-0.3, -0.25) is 4.79 Å². The molecule has 1 aliphatic rings. The zero-order valence-corrected chi connectivity index (χ0v) is 16.6. The Morgan fingerprint density at radius 3 is 2.52 bits per heavy atom. The first-order chi connectivity index (χ1) is 12.7. The molecule has 2 rings (SSSR count). The van der Waals surface area contributed by atoms with Crippen molar-refractivity contribution in [1.82, 2.24) is 4.90 Å². The molecule has 0 saturated carbocycles. The molecule has 0 aromatic heterocycles. The number of hydrogen-bond acceptors (Lipinski definition) is 6. The molecule has 0 unspecified atom stereocenters. The number of sulfone groups is 1. The second-order valence-corrected chi connectivity index (χ2v) is 8.65. The van der Waals surface area contributed by atoms with E-state index in [4.69, 9.17) is 9.47 Å². The van der Waals surface area contributed by atoms with Crippen LogP contribution in [0.4, 0.5) is 0 Å². The predicted molar refractivity (Wildman–Crippen MR) is 102 cm³/mol. The second kappa shape index (κ2) is 9.03. The van der Waals surface area contributed by atoms with Gasteiger partial charge < -0.3 is 14.4 Å². The number of carbonyl (C=O) groups is 2. The molecule has 27 heavy (non-hydrogen) atoms. The van der Waals surface area contributed by atoms with E-state index in [2.05, 4.69) is 0 Å². The molecule has 1 saturated heterocycles. The topological polar surface area (TPSA) is 90.0 Å². The van der Waals surface area contributed by atoms with Crippen molar-refractivity contribution < 1.29 is 27.5 Å². The Morgan fingerprint density at radius 2 is 1.96 bits per heavy atom. The van der Waals surface area contributed by atoms with E-state index in [-0.39, 0.29) is 17.5 Å². The number of rotatable bonds is 7. The number of benzene rings is 1. The molecule has 0 spiro atoms. The molecule has 1 heterocycles. The fourth-order valence-corrected chi connectivity index (χ4v) is 4.59. The Balaban J connectivity index is 1.87. The number of carbonyl (C=O) groups excluding carboxylic acids is 2. The van der Waals surface area contributed by atoms with Crippen molar-refractivity contribution in [2.45, 2.75) is 32.4 Å². The number of hydrogen-bond donors (Lipinski definition) is 0. The lowest BCUT2D eigenvalue weighted by molar-refractivity contribution is -0.155. The van der Waals surface area contributed by atoms with Gasteiger partial charge in [0.2, 0.25) is 0 Å². The first-order valence-corrected chi connectivity index (χ1v) is 10.6. The van der Waals surface area contributed by atoms with Gasteiger partial charge in [-0.2, -0.15) is 0 Å². The number of esters is 1. The van der Waals surface area contributed by atoms with Crippen LogP contribution in [0.1, 0.15) is 25.8 Å². The molecule has 1 amide bonds. The quantitative estimate of drug-likeness (QED) is 0.515. The summed E-state index contributed by atoms with van der Waals surface area (Å²) in [6.07, 6.45) is 2.25. The molecule has 0 bridgehead atoms. The Hall–Kier alpha value is -2.35. The van der Waals surface area contributed by atoms with Crippen LogP contribution in [0.3, 0.4) is 0 Å². The molecule has 1 fully saturated rings. The minimum Gasteiger partial charge on any atom is -0.494 e. The van der Waals surface area contributed by atoms with Gasteiger partial charge in [0.1, 0.15) is 5.75 Å². The average molecular weight is 395 g/mol. The van der Waals surface area contributed by atoms with Gasteiger partial charge in [-0.05, 0) is 44.0 Å². The summed E-state index contributed by atoms with van der Waals surface area (Å²) < 4.78 is 33.6. The van der Waals surface area contributed by atoms with Crippen molar-refractivity contribution in [3.8, 4) is 5.75 Å². The molecule has 1 aliphatic heterocycles. The summed E-state index contributed by atoms with van der Waals surface area (Å²) in [6.45, 7) is 3.95. The third-order valence-corrected chi connectivity index (χ3v) is 6.10. The summed E-state index contributed by atoms with van der Waals surface area (Å²) >= 11 is 0. The lowest BCUT2D eigenvalue weighted by atomic mass is 10.2. The fraction of sp³-hybridized carbons (Fsp3) is 0.474. The van der Waals surface area contributed by atoms with Crippen molar-refractivity contribution in [1.29, 1.82) is 0 Å². The van der Waals surface area contributed by atoms with Crippen LogP contribution in [0.2, 0.25) is 0 Å². The molecule has 1 aromatic rings. The van der Waals surface area contributed by atoms with E-state index in [0.29, 0.717) is 13.0 Å². The van der Waals surface area contributed by atoms with Crippen molar-refractivity contribution in [3.63, 3.8) is 0 Å². The van der Waals surface area contributed by atoms with E-state index >= 15 is 0 Å². The highest BCUT2D eigenvalue weighted by Gasteiger charge is 2.34. The lowest BCUT2D eigenvalue weighted by Gasteiger charge is -2.26. The fourth-order valence-electron chi connectivity index (χ4n) is 2.82. The van der Waals surface area contributed by atoms with Gasteiger partial charge in [0.15, 0.2) is 15.9 Å². The van der Waals surface area contributed by atoms with E-state index in [1.165, 1.54) is 24.9 Å². The van der Waals surface area contributed by atoms with Gasteiger partial charge >= 0.3 is 5.97 Å². The summed E-state index contributed by atoms with van der Waals surface area (Å²) in [4.78, 5) is 25.7. The highest BCUT2D eigenvalue weighted by Crippen LogP contribution is 2.18. The third-order valence-electron chi connectivity index (χ3n) is 4.35. The smallest absolute Gasteiger partial charge is 0.331 e. The first kappa shape index (κ1) is 21.0. The highest BCUT2D eigenvalue weighted by molar-refractivity contribution is 7.91. The monoisotopic (exact) mass is 395 g/mol. The van der Waals surface area contributed by atoms with Gasteiger partial charge in [-0.1, -0.05) is 12.1 Å². The van der Waals surface area contributed by atoms with Crippen molar-refractivity contribution >= 4 is 27.8 Å². The summed E-state index contributed by atoms with van der Waals surface area (Å²) in [5.74, 6) is -0.285. The minimum atomic E-state index is -3.09. The Kier molecular flexibility index (Phi) is 7.01. The summed E-state index contributed by atoms with van der Waals surface area (Å²) in [5, 5.41) is 0. The van der Waals surface area contributed by atoms with Crippen LogP contribution < -0.4 is 4.74 Å². The van der Waals surface area contributed by atoms with Crippen molar-refractivity contribution in [2.75, 3.05) is 25.2 Å². The van der Waals surface area contributed by atoms with Gasteiger partial charge in [0, 0.05) is 19.2 Å². The molecule has 148 valence electrons. The second-order valence-electron chi connectivity index (χ2n) is 6.42. The Labute approximate surface area is 159 Å². The number of likely N-dealkylation sites (N-methyl/N-ethyl adjacent to an activating group) is 1. The zero-order chi connectivity index (χ0) is 20.0. The Bertz CT molecular complexity index is 800. The first-order valence-electron chi connectivity index (χ1n) is 8.80. The van der Waals surface area contributed by atoms with Crippen LogP contribution in [0.5, 0.6) is 5.75 Å². The maximum absolute atomic E-state index is 12.4. The van der Waals surface area contributed by atoms with Crippen LogP contribution in [0, 0.1) is 0 Å². The van der Waals surface area contributed by atoms with Crippen LogP contribution in [-0.4, -0.2) is 62.5 Å². The zero-order valence-electron chi connectivity index (χ0n) is 15.8. The molecule has 0 radical (unpaired) electrons. The maximum atomic E-state index is 12.4. The van der Waals surface area contributed by atoms with Crippen molar-refractivity contribution in [2.24, 2.45) is 0 Å². The molecular weight excluding hydrogens is 370 g/mol. The predicted octanol–water partition coefficient (Wildman–Crippen LogP) is 1.68. The minimum absolute atomic E-state index is 0.0481. The van der Waals surface area contributed by atoms with Crippen LogP contribution in [0.15, 0.2) is 30.3 Å².